The molecule has 1 aliphatic rings. The summed E-state index contributed by atoms with van der Waals surface area (Å²) in [6.07, 6.45) is 4.50. The normalized spacial score (nSPS) is 21.5. The van der Waals surface area contributed by atoms with Gasteiger partial charge in [-0.15, -0.1) is 0 Å². The smallest absolute Gasteiger partial charge is 0.237 e. The summed E-state index contributed by atoms with van der Waals surface area (Å²) in [6.45, 7) is 5.09. The van der Waals surface area contributed by atoms with Gasteiger partial charge in [-0.1, -0.05) is 37.1 Å². The maximum Gasteiger partial charge on any atom is 0.237 e. The Morgan fingerprint density at radius 3 is 2.89 bits per heavy atom. The standard InChI is InChI=1S/C16H24N2O/c1-12-8-5-6-9-14(12)13(2)18-16(19)15-10-4-3-7-11-17-15/h5-6,8-9,13,15,17H,3-4,7,10-11H2,1-2H3,(H,18,19)/t13-,15?/m1/s1. The van der Waals surface area contributed by atoms with E-state index in [0.29, 0.717) is 0 Å². The minimum absolute atomic E-state index is 0.0195. The van der Waals surface area contributed by atoms with E-state index in [1.54, 1.807) is 0 Å². The van der Waals surface area contributed by atoms with Gasteiger partial charge in [-0.2, -0.15) is 0 Å². The lowest BCUT2D eigenvalue weighted by molar-refractivity contribution is -0.123. The second-order valence-corrected chi connectivity index (χ2v) is 5.44. The molecule has 1 fully saturated rings. The van der Waals surface area contributed by atoms with Crippen LogP contribution in [0.25, 0.3) is 0 Å². The molecule has 1 aromatic rings. The number of nitrogens with one attached hydrogen (secondary N) is 2. The largest absolute Gasteiger partial charge is 0.348 e. The van der Waals surface area contributed by atoms with Crippen LogP contribution < -0.4 is 10.6 Å². The Morgan fingerprint density at radius 1 is 1.32 bits per heavy atom. The Kier molecular flexibility index (Phi) is 4.97. The van der Waals surface area contributed by atoms with Gasteiger partial charge < -0.3 is 10.6 Å². The van der Waals surface area contributed by atoms with E-state index in [1.807, 2.05) is 12.1 Å². The summed E-state index contributed by atoms with van der Waals surface area (Å²) in [7, 11) is 0. The van der Waals surface area contributed by atoms with E-state index < -0.39 is 0 Å². The maximum atomic E-state index is 12.3. The van der Waals surface area contributed by atoms with Crippen molar-refractivity contribution in [3.05, 3.63) is 35.4 Å². The zero-order valence-electron chi connectivity index (χ0n) is 11.9. The first-order chi connectivity index (χ1) is 9.18. The van der Waals surface area contributed by atoms with Gasteiger partial charge in [-0.05, 0) is 44.4 Å². The first-order valence-corrected chi connectivity index (χ1v) is 7.28. The van der Waals surface area contributed by atoms with Crippen LogP contribution in [0.5, 0.6) is 0 Å². The molecule has 1 aromatic carbocycles. The van der Waals surface area contributed by atoms with Gasteiger partial charge in [-0.3, -0.25) is 4.79 Å². The number of amides is 1. The van der Waals surface area contributed by atoms with Crippen molar-refractivity contribution in [2.75, 3.05) is 6.54 Å². The number of carbonyl (C=O) groups excluding carboxylic acids is 1. The summed E-state index contributed by atoms with van der Waals surface area (Å²) in [5, 5.41) is 6.47. The van der Waals surface area contributed by atoms with Crippen molar-refractivity contribution in [3.8, 4) is 0 Å². The van der Waals surface area contributed by atoms with Crippen molar-refractivity contribution >= 4 is 5.91 Å². The Balaban J connectivity index is 1.96. The summed E-state index contributed by atoms with van der Waals surface area (Å²) < 4.78 is 0. The van der Waals surface area contributed by atoms with Crippen LogP contribution in [0.1, 0.15) is 49.8 Å². The first kappa shape index (κ1) is 14.1. The van der Waals surface area contributed by atoms with Crippen LogP contribution >= 0.6 is 0 Å². The van der Waals surface area contributed by atoms with Crippen molar-refractivity contribution < 1.29 is 4.79 Å². The molecule has 1 heterocycles. The third-order valence-electron chi connectivity index (χ3n) is 3.89. The Morgan fingerprint density at radius 2 is 2.11 bits per heavy atom. The van der Waals surface area contributed by atoms with E-state index in [-0.39, 0.29) is 18.0 Å². The molecule has 19 heavy (non-hydrogen) atoms. The van der Waals surface area contributed by atoms with Crippen molar-refractivity contribution in [2.24, 2.45) is 0 Å². The number of hydrogen-bond acceptors (Lipinski definition) is 2. The highest BCUT2D eigenvalue weighted by atomic mass is 16.2. The second-order valence-electron chi connectivity index (χ2n) is 5.44. The van der Waals surface area contributed by atoms with Crippen LogP contribution in [-0.2, 0) is 4.79 Å². The average Bonchev–Trinajstić information content (AvgIpc) is 2.68. The van der Waals surface area contributed by atoms with Crippen molar-refractivity contribution in [3.63, 3.8) is 0 Å². The van der Waals surface area contributed by atoms with Crippen LogP contribution in [0, 0.1) is 6.92 Å². The molecule has 0 bridgehead atoms. The van der Waals surface area contributed by atoms with Crippen LogP contribution in [-0.4, -0.2) is 18.5 Å². The molecular formula is C16H24N2O. The van der Waals surface area contributed by atoms with Crippen molar-refractivity contribution in [2.45, 2.75) is 51.6 Å². The SMILES string of the molecule is Cc1ccccc1[C@@H](C)NC(=O)C1CCCCCN1. The highest BCUT2D eigenvalue weighted by Crippen LogP contribution is 2.17. The van der Waals surface area contributed by atoms with E-state index >= 15 is 0 Å². The van der Waals surface area contributed by atoms with Gasteiger partial charge in [0.1, 0.15) is 0 Å². The average molecular weight is 260 g/mol. The van der Waals surface area contributed by atoms with Gasteiger partial charge in [0.15, 0.2) is 0 Å². The molecule has 1 saturated heterocycles. The topological polar surface area (TPSA) is 41.1 Å². The van der Waals surface area contributed by atoms with Crippen molar-refractivity contribution in [1.82, 2.24) is 10.6 Å². The van der Waals surface area contributed by atoms with Crippen LogP contribution in [0.4, 0.5) is 0 Å². The van der Waals surface area contributed by atoms with Gasteiger partial charge >= 0.3 is 0 Å². The number of aryl methyl sites for hydroxylation is 1. The van der Waals surface area contributed by atoms with Crippen molar-refractivity contribution in [1.29, 1.82) is 0 Å². The van der Waals surface area contributed by atoms with E-state index in [1.165, 1.54) is 24.0 Å². The number of benzene rings is 1. The number of carbonyl (C=O) groups is 1. The molecule has 1 unspecified atom stereocenters. The molecule has 1 amide bonds. The minimum atomic E-state index is -0.0195. The Bertz CT molecular complexity index is 423. The lowest BCUT2D eigenvalue weighted by atomic mass is 10.0. The van der Waals surface area contributed by atoms with Gasteiger partial charge in [0, 0.05) is 0 Å². The zero-order valence-corrected chi connectivity index (χ0v) is 11.9. The summed E-state index contributed by atoms with van der Waals surface area (Å²) in [5.41, 5.74) is 2.42. The lowest BCUT2D eigenvalue weighted by Gasteiger charge is -2.21. The summed E-state index contributed by atoms with van der Waals surface area (Å²) in [5.74, 6) is 0.137. The highest BCUT2D eigenvalue weighted by molar-refractivity contribution is 5.82. The lowest BCUT2D eigenvalue weighted by Crippen LogP contribution is -2.44. The molecule has 2 rings (SSSR count). The predicted molar refractivity (Wildman–Crippen MR) is 78.0 cm³/mol. The molecule has 0 spiro atoms. The quantitative estimate of drug-likeness (QED) is 0.877. The Hall–Kier alpha value is -1.35. The second kappa shape index (κ2) is 6.71. The fourth-order valence-electron chi connectivity index (χ4n) is 2.72. The van der Waals surface area contributed by atoms with Gasteiger partial charge in [0.05, 0.1) is 12.1 Å². The molecule has 0 radical (unpaired) electrons. The molecule has 0 aromatic heterocycles. The highest BCUT2D eigenvalue weighted by Gasteiger charge is 2.21. The van der Waals surface area contributed by atoms with Gasteiger partial charge in [0.2, 0.25) is 5.91 Å². The van der Waals surface area contributed by atoms with E-state index in [4.69, 9.17) is 0 Å². The zero-order chi connectivity index (χ0) is 13.7. The molecule has 1 aliphatic heterocycles. The summed E-state index contributed by atoms with van der Waals surface area (Å²) in [4.78, 5) is 12.3. The first-order valence-electron chi connectivity index (χ1n) is 7.28. The number of rotatable bonds is 3. The molecule has 2 atom stereocenters. The Labute approximate surface area is 115 Å². The fourth-order valence-corrected chi connectivity index (χ4v) is 2.72. The monoisotopic (exact) mass is 260 g/mol. The molecular weight excluding hydrogens is 236 g/mol. The third kappa shape index (κ3) is 3.80. The van der Waals surface area contributed by atoms with Crippen LogP contribution in [0.15, 0.2) is 24.3 Å². The van der Waals surface area contributed by atoms with E-state index in [0.717, 1.165) is 19.4 Å². The molecule has 3 nitrogen and oxygen atoms in total. The molecule has 0 saturated carbocycles. The van der Waals surface area contributed by atoms with Gasteiger partial charge in [-0.25, -0.2) is 0 Å². The van der Waals surface area contributed by atoms with Crippen LogP contribution in [0.3, 0.4) is 0 Å². The molecule has 2 N–H and O–H groups in total. The maximum absolute atomic E-state index is 12.3. The predicted octanol–water partition coefficient (Wildman–Crippen LogP) is 2.70. The summed E-state index contributed by atoms with van der Waals surface area (Å²) >= 11 is 0. The molecule has 3 heteroatoms. The van der Waals surface area contributed by atoms with Gasteiger partial charge in [0.25, 0.3) is 0 Å². The number of hydrogen-bond donors (Lipinski definition) is 2. The van der Waals surface area contributed by atoms with Crippen LogP contribution in [0.2, 0.25) is 0 Å². The van der Waals surface area contributed by atoms with E-state index in [2.05, 4.69) is 36.6 Å². The molecule has 0 aliphatic carbocycles. The third-order valence-corrected chi connectivity index (χ3v) is 3.89. The minimum Gasteiger partial charge on any atom is -0.348 e. The van der Waals surface area contributed by atoms with E-state index in [9.17, 15) is 4.79 Å². The fraction of sp³-hybridized carbons (Fsp3) is 0.562. The summed E-state index contributed by atoms with van der Waals surface area (Å²) in [6, 6.07) is 8.27. The molecule has 104 valence electrons.